The Morgan fingerprint density at radius 1 is 1.00 bits per heavy atom. The summed E-state index contributed by atoms with van der Waals surface area (Å²) in [6, 6.07) is 15.2. The van der Waals surface area contributed by atoms with Gasteiger partial charge in [0.15, 0.2) is 0 Å². The number of rotatable bonds is 8. The number of hydrogen-bond acceptors (Lipinski definition) is 4. The van der Waals surface area contributed by atoms with Crippen molar-refractivity contribution in [1.82, 2.24) is 5.32 Å². The normalized spacial score (nSPS) is 27.9. The highest BCUT2D eigenvalue weighted by Crippen LogP contribution is 2.60. The van der Waals surface area contributed by atoms with E-state index < -0.39 is 10.0 Å². The molecule has 35 heavy (non-hydrogen) atoms. The molecule has 0 aromatic heterocycles. The molecule has 6 nitrogen and oxygen atoms in total. The number of hydrogen-bond donors (Lipinski definition) is 1. The van der Waals surface area contributed by atoms with Crippen molar-refractivity contribution < 1.29 is 17.9 Å². The number of anilines is 1. The van der Waals surface area contributed by atoms with E-state index in [1.807, 2.05) is 43.3 Å². The number of benzene rings is 2. The van der Waals surface area contributed by atoms with Gasteiger partial charge in [0.1, 0.15) is 12.3 Å². The van der Waals surface area contributed by atoms with Gasteiger partial charge in [0.2, 0.25) is 15.9 Å². The van der Waals surface area contributed by atoms with Crippen LogP contribution in [0, 0.1) is 17.8 Å². The van der Waals surface area contributed by atoms with Crippen molar-refractivity contribution in [2.45, 2.75) is 56.9 Å². The lowest BCUT2D eigenvalue weighted by molar-refractivity contribution is -0.120. The fourth-order valence-electron chi connectivity index (χ4n) is 7.24. The minimum Gasteiger partial charge on any atom is -0.497 e. The summed E-state index contributed by atoms with van der Waals surface area (Å²) in [6.07, 6.45) is 9.12. The van der Waals surface area contributed by atoms with Crippen molar-refractivity contribution in [3.8, 4) is 5.75 Å². The minimum absolute atomic E-state index is 0.254. The van der Waals surface area contributed by atoms with Crippen LogP contribution in [0.25, 0.3) is 0 Å². The number of amides is 1. The average Bonchev–Trinajstić information content (AvgIpc) is 2.81. The molecule has 1 amide bonds. The molecule has 0 spiro atoms. The topological polar surface area (TPSA) is 75.7 Å². The lowest BCUT2D eigenvalue weighted by Gasteiger charge is -2.57. The molecule has 1 N–H and O–H groups in total. The number of ether oxygens (including phenoxy) is 1. The second-order valence-electron chi connectivity index (χ2n) is 11.1. The molecular formula is C28H36N2O4S. The van der Waals surface area contributed by atoms with Crippen LogP contribution in [-0.2, 0) is 20.2 Å². The molecule has 0 saturated heterocycles. The third-order valence-electron chi connectivity index (χ3n) is 8.49. The van der Waals surface area contributed by atoms with Crippen molar-refractivity contribution in [3.63, 3.8) is 0 Å². The van der Waals surface area contributed by atoms with E-state index in [1.165, 1.54) is 48.4 Å². The number of carbonyl (C=O) groups is 1. The van der Waals surface area contributed by atoms with Gasteiger partial charge in [-0.25, -0.2) is 8.42 Å². The van der Waals surface area contributed by atoms with E-state index in [4.69, 9.17) is 4.74 Å². The highest BCUT2D eigenvalue weighted by atomic mass is 32.2. The Bertz CT molecular complexity index is 1140. The van der Waals surface area contributed by atoms with Gasteiger partial charge in [0, 0.05) is 0 Å². The first-order chi connectivity index (χ1) is 16.6. The first-order valence-corrected chi connectivity index (χ1v) is 14.5. The molecule has 4 aliphatic carbocycles. The zero-order valence-corrected chi connectivity index (χ0v) is 21.7. The van der Waals surface area contributed by atoms with Crippen LogP contribution < -0.4 is 14.4 Å². The Morgan fingerprint density at radius 3 is 2.03 bits per heavy atom. The molecule has 2 aromatic carbocycles. The Hall–Kier alpha value is -2.54. The molecule has 4 aliphatic rings. The molecule has 0 heterocycles. The van der Waals surface area contributed by atoms with Crippen LogP contribution in [0.15, 0.2) is 48.5 Å². The van der Waals surface area contributed by atoms with Gasteiger partial charge in [-0.1, -0.05) is 24.3 Å². The molecule has 1 atom stereocenters. The maximum Gasteiger partial charge on any atom is 0.241 e. The Morgan fingerprint density at radius 2 is 1.54 bits per heavy atom. The number of methoxy groups -OCH3 is 1. The first-order valence-electron chi connectivity index (χ1n) is 12.7. The summed E-state index contributed by atoms with van der Waals surface area (Å²) in [4.78, 5) is 12.8. The van der Waals surface area contributed by atoms with E-state index in [9.17, 15) is 13.2 Å². The third-order valence-corrected chi connectivity index (χ3v) is 9.63. The van der Waals surface area contributed by atoms with Crippen LogP contribution in [0.3, 0.4) is 0 Å². The monoisotopic (exact) mass is 496 g/mol. The van der Waals surface area contributed by atoms with Crippen LogP contribution in [0.2, 0.25) is 0 Å². The highest BCUT2D eigenvalue weighted by molar-refractivity contribution is 7.92. The number of nitrogens with zero attached hydrogens (tertiary/aromatic N) is 1. The lowest BCUT2D eigenvalue weighted by atomic mass is 9.48. The maximum atomic E-state index is 12.8. The fourth-order valence-corrected chi connectivity index (χ4v) is 8.10. The molecule has 6 rings (SSSR count). The van der Waals surface area contributed by atoms with E-state index in [0.717, 1.165) is 35.3 Å². The second-order valence-corrected chi connectivity index (χ2v) is 13.0. The van der Waals surface area contributed by atoms with Gasteiger partial charge < -0.3 is 10.1 Å². The second kappa shape index (κ2) is 9.16. The number of sulfonamides is 1. The van der Waals surface area contributed by atoms with E-state index in [0.29, 0.717) is 5.69 Å². The molecule has 4 fully saturated rings. The first kappa shape index (κ1) is 24.2. The van der Waals surface area contributed by atoms with Gasteiger partial charge in [0.05, 0.1) is 25.1 Å². The van der Waals surface area contributed by atoms with Gasteiger partial charge in [-0.2, -0.15) is 0 Å². The van der Waals surface area contributed by atoms with Gasteiger partial charge in [0.25, 0.3) is 0 Å². The van der Waals surface area contributed by atoms with Gasteiger partial charge in [-0.05, 0) is 104 Å². The molecule has 0 unspecified atom stereocenters. The van der Waals surface area contributed by atoms with Gasteiger partial charge >= 0.3 is 0 Å². The van der Waals surface area contributed by atoms with Crippen LogP contribution in [-0.4, -0.2) is 34.2 Å². The summed E-state index contributed by atoms with van der Waals surface area (Å²) >= 11 is 0. The number of carbonyl (C=O) groups excluding carboxylic acids is 1. The summed E-state index contributed by atoms with van der Waals surface area (Å²) in [6.45, 7) is 1.63. The largest absolute Gasteiger partial charge is 0.497 e. The molecule has 188 valence electrons. The summed E-state index contributed by atoms with van der Waals surface area (Å²) in [7, 11) is -2.02. The van der Waals surface area contributed by atoms with Crippen molar-refractivity contribution in [2.75, 3.05) is 24.2 Å². The molecule has 2 aromatic rings. The summed E-state index contributed by atoms with van der Waals surface area (Å²) in [5, 5.41) is 2.92. The number of nitrogens with one attached hydrogen (secondary N) is 1. The van der Waals surface area contributed by atoms with Crippen LogP contribution in [0.1, 0.15) is 62.6 Å². The summed E-state index contributed by atoms with van der Waals surface area (Å²) in [5.41, 5.74) is 3.05. The highest BCUT2D eigenvalue weighted by Gasteiger charge is 2.51. The average molecular weight is 497 g/mol. The SMILES string of the molecule is COc1ccc([C@H](C)NC(=O)CN(c2ccc(C34CC5CC(CC(C5)C3)C4)cc2)S(C)(=O)=O)cc1. The summed E-state index contributed by atoms with van der Waals surface area (Å²) in [5.74, 6) is 2.95. The predicted octanol–water partition coefficient (Wildman–Crippen LogP) is 4.81. The van der Waals surface area contributed by atoms with Crippen molar-refractivity contribution >= 4 is 21.6 Å². The smallest absolute Gasteiger partial charge is 0.241 e. The predicted molar refractivity (Wildman–Crippen MR) is 138 cm³/mol. The molecule has 4 saturated carbocycles. The Kier molecular flexibility index (Phi) is 6.32. The van der Waals surface area contributed by atoms with Gasteiger partial charge in [-0.15, -0.1) is 0 Å². The fraction of sp³-hybridized carbons (Fsp3) is 0.536. The van der Waals surface area contributed by atoms with E-state index in [2.05, 4.69) is 17.4 Å². The Balaban J connectivity index is 1.29. The van der Waals surface area contributed by atoms with Crippen molar-refractivity contribution in [3.05, 3.63) is 59.7 Å². The third kappa shape index (κ3) is 4.92. The van der Waals surface area contributed by atoms with E-state index in [-0.39, 0.29) is 23.9 Å². The molecule has 0 aliphatic heterocycles. The van der Waals surface area contributed by atoms with Crippen molar-refractivity contribution in [2.24, 2.45) is 17.8 Å². The van der Waals surface area contributed by atoms with Crippen LogP contribution in [0.4, 0.5) is 5.69 Å². The molecular weight excluding hydrogens is 460 g/mol. The van der Waals surface area contributed by atoms with Crippen molar-refractivity contribution in [1.29, 1.82) is 0 Å². The van der Waals surface area contributed by atoms with Crippen LogP contribution >= 0.6 is 0 Å². The standard InChI is InChI=1S/C28H36N2O4S/c1-19(23-4-10-26(34-2)11-5-23)29-27(31)18-30(35(3,32)33)25-8-6-24(7-9-25)28-15-20-12-21(16-28)14-22(13-20)17-28/h4-11,19-22H,12-18H2,1-3H3,(H,29,31)/t19-,20?,21?,22?,28?/m0/s1. The summed E-state index contributed by atoms with van der Waals surface area (Å²) < 4.78 is 31.7. The lowest BCUT2D eigenvalue weighted by Crippen LogP contribution is -2.48. The van der Waals surface area contributed by atoms with E-state index in [1.54, 1.807) is 7.11 Å². The van der Waals surface area contributed by atoms with Crippen LogP contribution in [0.5, 0.6) is 5.75 Å². The van der Waals surface area contributed by atoms with E-state index >= 15 is 0 Å². The zero-order valence-electron chi connectivity index (χ0n) is 20.9. The Labute approximate surface area is 209 Å². The quantitative estimate of drug-likeness (QED) is 0.569. The molecule has 4 bridgehead atoms. The molecule has 7 heteroatoms. The minimum atomic E-state index is -3.62. The molecule has 0 radical (unpaired) electrons. The van der Waals surface area contributed by atoms with Gasteiger partial charge in [-0.3, -0.25) is 9.10 Å². The maximum absolute atomic E-state index is 12.8. The zero-order chi connectivity index (χ0) is 24.8.